The summed E-state index contributed by atoms with van der Waals surface area (Å²) in [4.78, 5) is 36.8. The number of carbonyl (C=O) groups excluding carboxylic acids is 2. The van der Waals surface area contributed by atoms with Gasteiger partial charge >= 0.3 is 12.1 Å². The number of rotatable bonds is 8. The van der Waals surface area contributed by atoms with Crippen molar-refractivity contribution < 1.29 is 24.2 Å². The SMILES string of the molecule is CC(C)(NC(=O)CC1(CNC(=O)OCC2c3ccccc3-c3ccccc32)CCCCC1)C(=O)O. The fraction of sp³-hybridized carbons (Fsp3) is 0.464. The van der Waals surface area contributed by atoms with Crippen LogP contribution in [0.2, 0.25) is 0 Å². The van der Waals surface area contributed by atoms with Gasteiger partial charge in [-0.2, -0.15) is 0 Å². The lowest BCUT2D eigenvalue weighted by atomic mass is 9.71. The normalized spacial score (nSPS) is 16.6. The van der Waals surface area contributed by atoms with E-state index in [2.05, 4.69) is 34.9 Å². The zero-order valence-electron chi connectivity index (χ0n) is 20.4. The van der Waals surface area contributed by atoms with Crippen LogP contribution in [-0.4, -0.2) is 41.8 Å². The third-order valence-electron chi connectivity index (χ3n) is 7.39. The van der Waals surface area contributed by atoms with Gasteiger partial charge in [0.2, 0.25) is 5.91 Å². The second-order valence-corrected chi connectivity index (χ2v) is 10.4. The highest BCUT2D eigenvalue weighted by molar-refractivity contribution is 5.86. The Hall–Kier alpha value is -3.35. The molecule has 35 heavy (non-hydrogen) atoms. The van der Waals surface area contributed by atoms with Gasteiger partial charge in [0.25, 0.3) is 0 Å². The van der Waals surface area contributed by atoms with Gasteiger partial charge in [0, 0.05) is 18.9 Å². The van der Waals surface area contributed by atoms with Crippen molar-refractivity contribution in [1.29, 1.82) is 0 Å². The summed E-state index contributed by atoms with van der Waals surface area (Å²) in [6.45, 7) is 3.50. The number of nitrogens with one attached hydrogen (secondary N) is 2. The molecule has 2 aliphatic rings. The first kappa shape index (κ1) is 24.8. The first-order valence-electron chi connectivity index (χ1n) is 12.3. The average molecular weight is 479 g/mol. The van der Waals surface area contributed by atoms with Crippen molar-refractivity contribution in [2.45, 2.75) is 63.8 Å². The lowest BCUT2D eigenvalue weighted by Gasteiger charge is -2.37. The highest BCUT2D eigenvalue weighted by Gasteiger charge is 2.38. The monoisotopic (exact) mass is 478 g/mol. The van der Waals surface area contributed by atoms with Crippen molar-refractivity contribution in [3.63, 3.8) is 0 Å². The molecule has 0 atom stereocenters. The van der Waals surface area contributed by atoms with Crippen molar-refractivity contribution in [3.8, 4) is 11.1 Å². The third kappa shape index (κ3) is 5.50. The fourth-order valence-electron chi connectivity index (χ4n) is 5.41. The number of hydrogen-bond acceptors (Lipinski definition) is 4. The molecule has 2 aromatic carbocycles. The van der Waals surface area contributed by atoms with E-state index in [1.807, 2.05) is 24.3 Å². The zero-order valence-corrected chi connectivity index (χ0v) is 20.4. The molecule has 2 amide bonds. The van der Waals surface area contributed by atoms with Crippen LogP contribution in [0.1, 0.15) is 69.4 Å². The minimum atomic E-state index is -1.34. The molecule has 2 aromatic rings. The van der Waals surface area contributed by atoms with Crippen molar-refractivity contribution in [1.82, 2.24) is 10.6 Å². The summed E-state index contributed by atoms with van der Waals surface area (Å²) in [5, 5.41) is 14.8. The van der Waals surface area contributed by atoms with Gasteiger partial charge in [-0.3, -0.25) is 4.79 Å². The maximum absolute atomic E-state index is 12.7. The van der Waals surface area contributed by atoms with E-state index >= 15 is 0 Å². The van der Waals surface area contributed by atoms with E-state index < -0.39 is 23.0 Å². The summed E-state index contributed by atoms with van der Waals surface area (Å²) in [6, 6.07) is 16.4. The first-order valence-corrected chi connectivity index (χ1v) is 12.3. The van der Waals surface area contributed by atoms with Crippen LogP contribution in [0.25, 0.3) is 11.1 Å². The Kier molecular flexibility index (Phi) is 7.15. The van der Waals surface area contributed by atoms with E-state index in [-0.39, 0.29) is 24.9 Å². The number of amides is 2. The largest absolute Gasteiger partial charge is 0.480 e. The van der Waals surface area contributed by atoms with Gasteiger partial charge in [0.1, 0.15) is 12.1 Å². The fourth-order valence-corrected chi connectivity index (χ4v) is 5.41. The molecule has 0 radical (unpaired) electrons. The summed E-state index contributed by atoms with van der Waals surface area (Å²) in [6.07, 6.45) is 4.32. The molecule has 0 spiro atoms. The van der Waals surface area contributed by atoms with Crippen LogP contribution >= 0.6 is 0 Å². The van der Waals surface area contributed by atoms with E-state index in [4.69, 9.17) is 4.74 Å². The predicted molar refractivity (Wildman–Crippen MR) is 133 cm³/mol. The summed E-state index contributed by atoms with van der Waals surface area (Å²) in [5.41, 5.74) is 2.92. The molecule has 1 fully saturated rings. The van der Waals surface area contributed by atoms with Crippen LogP contribution in [0.15, 0.2) is 48.5 Å². The molecule has 7 nitrogen and oxygen atoms in total. The van der Waals surface area contributed by atoms with Gasteiger partial charge in [-0.25, -0.2) is 9.59 Å². The molecule has 0 aliphatic heterocycles. The van der Waals surface area contributed by atoms with Crippen LogP contribution in [0.4, 0.5) is 4.79 Å². The Morgan fingerprint density at radius 3 is 2.11 bits per heavy atom. The second-order valence-electron chi connectivity index (χ2n) is 10.4. The summed E-state index contributed by atoms with van der Waals surface area (Å²) in [7, 11) is 0. The van der Waals surface area contributed by atoms with Gasteiger partial charge in [0.15, 0.2) is 0 Å². The van der Waals surface area contributed by atoms with Gasteiger partial charge in [0.05, 0.1) is 0 Å². The summed E-state index contributed by atoms with van der Waals surface area (Å²) in [5.74, 6) is -1.41. The minimum Gasteiger partial charge on any atom is -0.480 e. The third-order valence-corrected chi connectivity index (χ3v) is 7.39. The number of carboxylic acid groups (broad SMARTS) is 1. The zero-order chi connectivity index (χ0) is 25.1. The molecule has 3 N–H and O–H groups in total. The lowest BCUT2D eigenvalue weighted by molar-refractivity contribution is -0.146. The van der Waals surface area contributed by atoms with E-state index in [0.29, 0.717) is 6.54 Å². The van der Waals surface area contributed by atoms with Crippen molar-refractivity contribution >= 4 is 18.0 Å². The number of hydrogen-bond donors (Lipinski definition) is 3. The van der Waals surface area contributed by atoms with Crippen molar-refractivity contribution in [3.05, 3.63) is 59.7 Å². The molecule has 0 heterocycles. The Balaban J connectivity index is 1.37. The molecule has 1 saturated carbocycles. The Bertz CT molecular complexity index is 1060. The first-order chi connectivity index (χ1) is 16.7. The van der Waals surface area contributed by atoms with E-state index in [1.165, 1.54) is 25.0 Å². The Morgan fingerprint density at radius 1 is 0.971 bits per heavy atom. The molecular formula is C28H34N2O5. The van der Waals surface area contributed by atoms with E-state index in [1.54, 1.807) is 0 Å². The molecule has 0 unspecified atom stereocenters. The number of alkyl carbamates (subject to hydrolysis) is 1. The Labute approximate surface area is 206 Å². The van der Waals surface area contributed by atoms with Crippen LogP contribution in [-0.2, 0) is 14.3 Å². The molecule has 0 aromatic heterocycles. The van der Waals surface area contributed by atoms with Crippen LogP contribution in [0, 0.1) is 5.41 Å². The van der Waals surface area contributed by atoms with E-state index in [0.717, 1.165) is 43.2 Å². The second kappa shape index (κ2) is 10.1. The smallest absolute Gasteiger partial charge is 0.407 e. The number of carbonyl (C=O) groups is 3. The molecule has 2 aliphatic carbocycles. The molecule has 7 heteroatoms. The summed E-state index contributed by atoms with van der Waals surface area (Å²) >= 11 is 0. The highest BCUT2D eigenvalue weighted by atomic mass is 16.5. The quantitative estimate of drug-likeness (QED) is 0.503. The maximum Gasteiger partial charge on any atom is 0.407 e. The molecule has 186 valence electrons. The average Bonchev–Trinajstić information content (AvgIpc) is 3.15. The standard InChI is InChI=1S/C28H34N2O5/c1-27(2,25(32)33)30-24(31)16-28(14-8-3-9-15-28)18-29-26(34)35-17-23-21-12-6-4-10-19(21)20-11-5-7-13-22(20)23/h4-7,10-13,23H,3,8-9,14-18H2,1-2H3,(H,29,34)(H,30,31)(H,32,33). The van der Waals surface area contributed by atoms with Gasteiger partial charge in [-0.15, -0.1) is 0 Å². The van der Waals surface area contributed by atoms with Gasteiger partial charge < -0.3 is 20.5 Å². The summed E-state index contributed by atoms with van der Waals surface area (Å²) < 4.78 is 5.66. The van der Waals surface area contributed by atoms with Crippen LogP contribution in [0.5, 0.6) is 0 Å². The highest BCUT2D eigenvalue weighted by Crippen LogP contribution is 2.44. The minimum absolute atomic E-state index is 0.0131. The van der Waals surface area contributed by atoms with E-state index in [9.17, 15) is 19.5 Å². The number of ether oxygens (including phenoxy) is 1. The lowest BCUT2D eigenvalue weighted by Crippen LogP contribution is -2.52. The van der Waals surface area contributed by atoms with Crippen LogP contribution in [0.3, 0.4) is 0 Å². The van der Waals surface area contributed by atoms with Crippen molar-refractivity contribution in [2.75, 3.05) is 13.2 Å². The number of fused-ring (bicyclic) bond motifs is 3. The van der Waals surface area contributed by atoms with Gasteiger partial charge in [-0.05, 0) is 54.4 Å². The molecule has 0 saturated heterocycles. The predicted octanol–water partition coefficient (Wildman–Crippen LogP) is 4.85. The van der Waals surface area contributed by atoms with Crippen molar-refractivity contribution in [2.24, 2.45) is 5.41 Å². The maximum atomic E-state index is 12.7. The number of carboxylic acids is 1. The molecule has 0 bridgehead atoms. The van der Waals surface area contributed by atoms with Crippen LogP contribution < -0.4 is 10.6 Å². The number of benzene rings is 2. The molecular weight excluding hydrogens is 444 g/mol. The Morgan fingerprint density at radius 2 is 1.54 bits per heavy atom. The number of aliphatic carboxylic acids is 1. The topological polar surface area (TPSA) is 105 Å². The van der Waals surface area contributed by atoms with Gasteiger partial charge in [-0.1, -0.05) is 67.8 Å². The molecule has 4 rings (SSSR count).